The molecule has 1 aromatic heterocycles. The van der Waals surface area contributed by atoms with Crippen LogP contribution in [0.4, 0.5) is 0 Å². The van der Waals surface area contributed by atoms with Crippen molar-refractivity contribution in [2.45, 2.75) is 40.5 Å². The molecule has 1 rings (SSSR count). The Morgan fingerprint density at radius 2 is 1.72 bits per heavy atom. The molecule has 0 bridgehead atoms. The second-order valence-corrected chi connectivity index (χ2v) is 6.45. The normalized spacial score (nSPS) is 11.2. The molecule has 1 amide bonds. The Morgan fingerprint density at radius 3 is 2.11 bits per heavy atom. The van der Waals surface area contributed by atoms with Gasteiger partial charge in [-0.2, -0.15) is 11.3 Å². The van der Waals surface area contributed by atoms with Gasteiger partial charge in [0, 0.05) is 18.5 Å². The summed E-state index contributed by atoms with van der Waals surface area (Å²) in [7, 11) is 0. The zero-order valence-electron chi connectivity index (χ0n) is 12.0. The van der Waals surface area contributed by atoms with Gasteiger partial charge in [0.15, 0.2) is 0 Å². The van der Waals surface area contributed by atoms with Crippen molar-refractivity contribution in [2.75, 3.05) is 13.1 Å². The lowest BCUT2D eigenvalue weighted by Crippen LogP contribution is -2.33. The van der Waals surface area contributed by atoms with Gasteiger partial charge < -0.3 is 4.90 Å². The number of nitrogens with zero attached hydrogens (tertiary/aromatic N) is 1. The van der Waals surface area contributed by atoms with E-state index in [0.717, 1.165) is 31.5 Å². The van der Waals surface area contributed by atoms with Crippen LogP contribution in [0.25, 0.3) is 0 Å². The highest BCUT2D eigenvalue weighted by Gasteiger charge is 2.16. The summed E-state index contributed by atoms with van der Waals surface area (Å²) in [6.45, 7) is 10.6. The van der Waals surface area contributed by atoms with Gasteiger partial charge in [0.1, 0.15) is 0 Å². The van der Waals surface area contributed by atoms with Gasteiger partial charge in [0.25, 0.3) is 5.91 Å². The summed E-state index contributed by atoms with van der Waals surface area (Å²) in [5.74, 6) is 1.47. The number of rotatable bonds is 7. The summed E-state index contributed by atoms with van der Waals surface area (Å²) in [4.78, 5) is 14.4. The molecule has 0 unspecified atom stereocenters. The standard InChI is InChI=1S/C15H25NOS/c1-12(2)5-8-16(9-6-13(3)4)15(17)14-7-10-18-11-14/h7,10-13H,5-6,8-9H2,1-4H3. The second kappa shape index (κ2) is 7.57. The van der Waals surface area contributed by atoms with E-state index in [4.69, 9.17) is 0 Å². The Morgan fingerprint density at radius 1 is 1.17 bits per heavy atom. The summed E-state index contributed by atoms with van der Waals surface area (Å²) in [5, 5.41) is 3.91. The van der Waals surface area contributed by atoms with Crippen LogP contribution in [0.1, 0.15) is 50.9 Å². The number of hydrogen-bond donors (Lipinski definition) is 0. The third-order valence-corrected chi connectivity index (χ3v) is 3.69. The Labute approximate surface area is 115 Å². The fourth-order valence-corrected chi connectivity index (χ4v) is 2.34. The molecule has 0 radical (unpaired) electrons. The minimum absolute atomic E-state index is 0.192. The van der Waals surface area contributed by atoms with Crippen LogP contribution in [0, 0.1) is 11.8 Å². The van der Waals surface area contributed by atoms with Crippen LogP contribution in [-0.4, -0.2) is 23.9 Å². The lowest BCUT2D eigenvalue weighted by Gasteiger charge is -2.24. The number of amides is 1. The fraction of sp³-hybridized carbons (Fsp3) is 0.667. The first-order valence-electron chi connectivity index (χ1n) is 6.82. The molecule has 0 aliphatic heterocycles. The molecule has 0 spiro atoms. The molecule has 0 aromatic carbocycles. The smallest absolute Gasteiger partial charge is 0.254 e. The highest BCUT2D eigenvalue weighted by molar-refractivity contribution is 7.08. The van der Waals surface area contributed by atoms with E-state index in [1.54, 1.807) is 11.3 Å². The Hall–Kier alpha value is -0.830. The highest BCUT2D eigenvalue weighted by atomic mass is 32.1. The van der Waals surface area contributed by atoms with Crippen molar-refractivity contribution in [3.05, 3.63) is 22.4 Å². The molecule has 0 aliphatic rings. The molecule has 0 aliphatic carbocycles. The van der Waals surface area contributed by atoms with Gasteiger partial charge >= 0.3 is 0 Å². The maximum atomic E-state index is 12.4. The maximum absolute atomic E-state index is 12.4. The lowest BCUT2D eigenvalue weighted by atomic mass is 10.1. The number of carbonyl (C=O) groups is 1. The van der Waals surface area contributed by atoms with E-state index in [2.05, 4.69) is 27.7 Å². The number of carbonyl (C=O) groups excluding carboxylic acids is 1. The van der Waals surface area contributed by atoms with Gasteiger partial charge in [-0.05, 0) is 36.1 Å². The fourth-order valence-electron chi connectivity index (χ4n) is 1.71. The third-order valence-electron chi connectivity index (χ3n) is 3.01. The largest absolute Gasteiger partial charge is 0.339 e. The van der Waals surface area contributed by atoms with Gasteiger partial charge in [-0.1, -0.05) is 27.7 Å². The van der Waals surface area contributed by atoms with Crippen LogP contribution in [-0.2, 0) is 0 Å². The van der Waals surface area contributed by atoms with Crippen molar-refractivity contribution in [3.8, 4) is 0 Å². The van der Waals surface area contributed by atoms with E-state index in [-0.39, 0.29) is 5.91 Å². The minimum Gasteiger partial charge on any atom is -0.339 e. The molecule has 0 atom stereocenters. The zero-order valence-corrected chi connectivity index (χ0v) is 12.8. The summed E-state index contributed by atoms with van der Waals surface area (Å²) in [6, 6.07) is 1.92. The lowest BCUT2D eigenvalue weighted by molar-refractivity contribution is 0.0741. The molecular formula is C15H25NOS. The Kier molecular flexibility index (Phi) is 6.41. The zero-order chi connectivity index (χ0) is 13.5. The van der Waals surface area contributed by atoms with E-state index in [0.29, 0.717) is 11.8 Å². The predicted octanol–water partition coefficient (Wildman–Crippen LogP) is 4.28. The van der Waals surface area contributed by atoms with Crippen LogP contribution in [0.3, 0.4) is 0 Å². The predicted molar refractivity (Wildman–Crippen MR) is 79.1 cm³/mol. The molecule has 102 valence electrons. The van der Waals surface area contributed by atoms with Gasteiger partial charge in [-0.25, -0.2) is 0 Å². The van der Waals surface area contributed by atoms with Crippen LogP contribution in [0.5, 0.6) is 0 Å². The second-order valence-electron chi connectivity index (χ2n) is 5.67. The molecule has 1 heterocycles. The third kappa shape index (κ3) is 5.21. The van der Waals surface area contributed by atoms with E-state index in [1.807, 2.05) is 21.7 Å². The quantitative estimate of drug-likeness (QED) is 0.722. The molecule has 1 aromatic rings. The van der Waals surface area contributed by atoms with Crippen molar-refractivity contribution in [2.24, 2.45) is 11.8 Å². The molecule has 0 saturated carbocycles. The van der Waals surface area contributed by atoms with Crippen molar-refractivity contribution < 1.29 is 4.79 Å². The average Bonchev–Trinajstić information content (AvgIpc) is 2.81. The number of thiophene rings is 1. The first-order valence-corrected chi connectivity index (χ1v) is 7.76. The van der Waals surface area contributed by atoms with Gasteiger partial charge in [0.2, 0.25) is 0 Å². The van der Waals surface area contributed by atoms with Crippen molar-refractivity contribution >= 4 is 17.2 Å². The SMILES string of the molecule is CC(C)CCN(CCC(C)C)C(=O)c1ccsc1. The van der Waals surface area contributed by atoms with Crippen LogP contribution < -0.4 is 0 Å². The van der Waals surface area contributed by atoms with Crippen LogP contribution in [0.2, 0.25) is 0 Å². The molecule has 2 nitrogen and oxygen atoms in total. The molecule has 0 N–H and O–H groups in total. The van der Waals surface area contributed by atoms with Gasteiger partial charge in [-0.15, -0.1) is 0 Å². The Bertz CT molecular complexity index is 331. The molecule has 0 fully saturated rings. The molecule has 0 saturated heterocycles. The first kappa shape index (κ1) is 15.2. The van der Waals surface area contributed by atoms with E-state index in [1.165, 1.54) is 0 Å². The Balaban J connectivity index is 2.60. The van der Waals surface area contributed by atoms with Crippen molar-refractivity contribution in [3.63, 3.8) is 0 Å². The van der Waals surface area contributed by atoms with E-state index in [9.17, 15) is 4.79 Å². The summed E-state index contributed by atoms with van der Waals surface area (Å²) < 4.78 is 0. The van der Waals surface area contributed by atoms with Crippen molar-refractivity contribution in [1.82, 2.24) is 4.90 Å². The van der Waals surface area contributed by atoms with Crippen LogP contribution >= 0.6 is 11.3 Å². The van der Waals surface area contributed by atoms with Gasteiger partial charge in [0.05, 0.1) is 5.56 Å². The summed E-state index contributed by atoms with van der Waals surface area (Å²) >= 11 is 1.59. The highest BCUT2D eigenvalue weighted by Crippen LogP contribution is 2.13. The molecular weight excluding hydrogens is 242 g/mol. The molecule has 3 heteroatoms. The topological polar surface area (TPSA) is 20.3 Å². The van der Waals surface area contributed by atoms with Crippen molar-refractivity contribution in [1.29, 1.82) is 0 Å². The minimum atomic E-state index is 0.192. The molecule has 18 heavy (non-hydrogen) atoms. The maximum Gasteiger partial charge on any atom is 0.254 e. The summed E-state index contributed by atoms with van der Waals surface area (Å²) in [5.41, 5.74) is 0.840. The van der Waals surface area contributed by atoms with E-state index < -0.39 is 0 Å². The number of hydrogen-bond acceptors (Lipinski definition) is 2. The van der Waals surface area contributed by atoms with Gasteiger partial charge in [-0.3, -0.25) is 4.79 Å². The van der Waals surface area contributed by atoms with Crippen LogP contribution in [0.15, 0.2) is 16.8 Å². The van der Waals surface area contributed by atoms with E-state index >= 15 is 0 Å². The average molecular weight is 267 g/mol. The summed E-state index contributed by atoms with van der Waals surface area (Å²) in [6.07, 6.45) is 2.15. The monoisotopic (exact) mass is 267 g/mol. The first-order chi connectivity index (χ1) is 8.50.